The summed E-state index contributed by atoms with van der Waals surface area (Å²) in [6.45, 7) is 0.312. The van der Waals surface area contributed by atoms with Gasteiger partial charge < -0.3 is 14.5 Å². The summed E-state index contributed by atoms with van der Waals surface area (Å²) >= 11 is 8.72. The summed E-state index contributed by atoms with van der Waals surface area (Å²) in [6, 6.07) is 21.8. The molecule has 10 heteroatoms. The molecule has 0 aliphatic carbocycles. The fraction of sp³-hybridized carbons (Fsp3) is 0.179. The third-order valence-electron chi connectivity index (χ3n) is 6.70. The predicted molar refractivity (Wildman–Crippen MR) is 148 cm³/mol. The fourth-order valence-electron chi connectivity index (χ4n) is 4.97. The lowest BCUT2D eigenvalue weighted by Crippen LogP contribution is -2.32. The van der Waals surface area contributed by atoms with E-state index in [4.69, 9.17) is 21.1 Å². The van der Waals surface area contributed by atoms with Gasteiger partial charge in [-0.25, -0.2) is 4.90 Å². The minimum atomic E-state index is -0.744. The molecule has 3 aromatic carbocycles. The Balaban J connectivity index is 1.44. The number of fused-ring (bicyclic) bond motifs is 2. The number of carbonyl (C=O) groups excluding carboxylic acids is 2. The minimum Gasteiger partial charge on any atom is -0.497 e. The van der Waals surface area contributed by atoms with Gasteiger partial charge in [-0.05, 0) is 48.0 Å². The van der Waals surface area contributed by atoms with Crippen molar-refractivity contribution in [2.75, 3.05) is 12.0 Å². The number of amides is 2. The Labute approximate surface area is 231 Å². The molecular weight excluding hydrogens is 544 g/mol. The van der Waals surface area contributed by atoms with Crippen molar-refractivity contribution < 1.29 is 19.1 Å². The number of aromatic amines is 1. The van der Waals surface area contributed by atoms with Gasteiger partial charge in [-0.1, -0.05) is 65.0 Å². The quantitative estimate of drug-likeness (QED) is 0.312. The van der Waals surface area contributed by atoms with Gasteiger partial charge in [0.1, 0.15) is 23.4 Å². The van der Waals surface area contributed by atoms with Crippen LogP contribution in [0.4, 0.5) is 5.69 Å². The zero-order chi connectivity index (χ0) is 26.4. The number of hydrogen-bond donors (Lipinski definition) is 1. The molecule has 3 heterocycles. The Morgan fingerprint density at radius 3 is 2.47 bits per heavy atom. The number of imide groups is 1. The first-order valence-electron chi connectivity index (χ1n) is 11.8. The Bertz CT molecular complexity index is 1590. The number of hydrogen-bond acceptors (Lipinski definition) is 7. The Morgan fingerprint density at radius 1 is 0.974 bits per heavy atom. The van der Waals surface area contributed by atoms with Crippen LogP contribution in [0.15, 0.2) is 82.6 Å². The zero-order valence-corrected chi connectivity index (χ0v) is 22.4. The van der Waals surface area contributed by atoms with Gasteiger partial charge in [-0.2, -0.15) is 0 Å². The number of benzene rings is 3. The second kappa shape index (κ2) is 9.98. The lowest BCUT2D eigenvalue weighted by Gasteiger charge is -2.31. The van der Waals surface area contributed by atoms with Crippen LogP contribution in [-0.4, -0.2) is 29.2 Å². The van der Waals surface area contributed by atoms with Crippen LogP contribution in [0.3, 0.4) is 0 Å². The number of thioether (sulfide) groups is 1. The lowest BCUT2D eigenvalue weighted by molar-refractivity contribution is -0.122. The van der Waals surface area contributed by atoms with Crippen LogP contribution in [0.5, 0.6) is 11.5 Å². The van der Waals surface area contributed by atoms with E-state index in [1.54, 1.807) is 49.6 Å². The number of nitrogens with zero attached hydrogens (tertiary/aromatic N) is 1. The second-order valence-corrected chi connectivity index (χ2v) is 11.5. The van der Waals surface area contributed by atoms with Crippen LogP contribution in [0, 0.1) is 5.92 Å². The van der Waals surface area contributed by atoms with Crippen LogP contribution in [0.1, 0.15) is 21.9 Å². The van der Waals surface area contributed by atoms with Crippen molar-refractivity contribution in [1.29, 1.82) is 0 Å². The number of carbonyl (C=O) groups is 2. The van der Waals surface area contributed by atoms with Crippen LogP contribution in [0.2, 0.25) is 5.02 Å². The molecule has 1 N–H and O–H groups in total. The monoisotopic (exact) mass is 564 g/mol. The van der Waals surface area contributed by atoms with Crippen LogP contribution < -0.4 is 19.2 Å². The number of nitrogens with one attached hydrogen (secondary N) is 1. The van der Waals surface area contributed by atoms with Crippen molar-refractivity contribution in [2.45, 2.75) is 22.8 Å². The molecule has 1 fully saturated rings. The van der Waals surface area contributed by atoms with Gasteiger partial charge in [0.25, 0.3) is 0 Å². The summed E-state index contributed by atoms with van der Waals surface area (Å²) in [5.74, 6) is -0.828. The molecule has 1 saturated heterocycles. The maximum atomic E-state index is 14.0. The van der Waals surface area contributed by atoms with E-state index in [0.717, 1.165) is 16.9 Å². The van der Waals surface area contributed by atoms with E-state index >= 15 is 0 Å². The molecule has 0 bridgehead atoms. The van der Waals surface area contributed by atoms with Crippen LogP contribution in [-0.2, 0) is 16.2 Å². The fourth-order valence-corrected chi connectivity index (χ4v) is 7.65. The maximum absolute atomic E-state index is 14.0. The van der Waals surface area contributed by atoms with Crippen molar-refractivity contribution >= 4 is 52.2 Å². The molecule has 3 unspecified atom stereocenters. The molecule has 2 aliphatic heterocycles. The van der Waals surface area contributed by atoms with Gasteiger partial charge in [0.2, 0.25) is 11.8 Å². The van der Waals surface area contributed by atoms with Gasteiger partial charge in [0.15, 0.2) is 0 Å². The van der Waals surface area contributed by atoms with E-state index in [-0.39, 0.29) is 16.7 Å². The topological polar surface area (TPSA) is 88.7 Å². The normalized spacial score (nSPS) is 20.3. The molecule has 7 nitrogen and oxygen atoms in total. The minimum absolute atomic E-state index is 0.242. The summed E-state index contributed by atoms with van der Waals surface area (Å²) in [7, 11) is 1.55. The first-order valence-corrected chi connectivity index (χ1v) is 13.9. The number of methoxy groups -OCH3 is 1. The maximum Gasteiger partial charge on any atom is 0.305 e. The molecule has 1 aromatic heterocycles. The van der Waals surface area contributed by atoms with E-state index in [1.165, 1.54) is 16.7 Å². The molecule has 2 amide bonds. The first kappa shape index (κ1) is 24.8. The molecule has 0 radical (unpaired) electrons. The highest BCUT2D eigenvalue weighted by atomic mass is 35.5. The largest absolute Gasteiger partial charge is 0.497 e. The highest BCUT2D eigenvalue weighted by Crippen LogP contribution is 2.54. The van der Waals surface area contributed by atoms with E-state index in [1.807, 2.05) is 30.3 Å². The number of aromatic nitrogens is 1. The third kappa shape index (κ3) is 4.30. The van der Waals surface area contributed by atoms with E-state index in [0.29, 0.717) is 44.3 Å². The van der Waals surface area contributed by atoms with E-state index < -0.39 is 17.1 Å². The van der Waals surface area contributed by atoms with Crippen molar-refractivity contribution in [3.63, 3.8) is 0 Å². The Morgan fingerprint density at radius 2 is 1.74 bits per heavy atom. The summed E-state index contributed by atoms with van der Waals surface area (Å²) in [5, 5.41) is 0.348. The molecular formula is C28H21ClN2O5S2. The second-order valence-electron chi connectivity index (χ2n) is 8.92. The SMILES string of the molecule is COc1ccc(N2C(=O)C3Sc4[nH]c(=O)sc4C(c4cc(Cl)ccc4OCc4ccccc4)C3C2=O)cc1. The van der Waals surface area contributed by atoms with Crippen molar-refractivity contribution in [1.82, 2.24) is 4.98 Å². The molecule has 2 aliphatic rings. The molecule has 3 atom stereocenters. The van der Waals surface area contributed by atoms with E-state index in [2.05, 4.69) is 4.98 Å². The smallest absolute Gasteiger partial charge is 0.305 e. The number of rotatable bonds is 6. The third-order valence-corrected chi connectivity index (χ3v) is 9.33. The van der Waals surface area contributed by atoms with Crippen molar-refractivity contribution in [3.8, 4) is 11.5 Å². The molecule has 38 heavy (non-hydrogen) atoms. The molecule has 0 saturated carbocycles. The number of H-pyrrole nitrogens is 1. The zero-order valence-electron chi connectivity index (χ0n) is 20.1. The predicted octanol–water partition coefficient (Wildman–Crippen LogP) is 5.47. The van der Waals surface area contributed by atoms with Gasteiger partial charge in [-0.15, -0.1) is 0 Å². The molecule has 0 spiro atoms. The number of ether oxygens (including phenoxy) is 2. The summed E-state index contributed by atoms with van der Waals surface area (Å²) in [4.78, 5) is 44.6. The average molecular weight is 565 g/mol. The van der Waals surface area contributed by atoms with Gasteiger partial charge in [0, 0.05) is 21.4 Å². The summed E-state index contributed by atoms with van der Waals surface area (Å²) < 4.78 is 11.5. The Kier molecular flexibility index (Phi) is 6.51. The van der Waals surface area contributed by atoms with Crippen molar-refractivity contribution in [2.24, 2.45) is 5.92 Å². The average Bonchev–Trinajstić information content (AvgIpc) is 3.42. The van der Waals surface area contributed by atoms with Crippen LogP contribution >= 0.6 is 34.7 Å². The number of anilines is 1. The highest BCUT2D eigenvalue weighted by Gasteiger charge is 2.56. The number of halogens is 1. The van der Waals surface area contributed by atoms with Crippen molar-refractivity contribution in [3.05, 3.63) is 103 Å². The van der Waals surface area contributed by atoms with Gasteiger partial charge in [-0.3, -0.25) is 14.4 Å². The summed E-state index contributed by atoms with van der Waals surface area (Å²) in [6.07, 6.45) is 0. The molecule has 4 aromatic rings. The Hall–Kier alpha value is -3.53. The van der Waals surface area contributed by atoms with Gasteiger partial charge >= 0.3 is 4.87 Å². The summed E-state index contributed by atoms with van der Waals surface area (Å²) in [5.41, 5.74) is 2.12. The van der Waals surface area contributed by atoms with Crippen LogP contribution in [0.25, 0.3) is 0 Å². The molecule has 6 rings (SSSR count). The molecule has 192 valence electrons. The van der Waals surface area contributed by atoms with E-state index in [9.17, 15) is 14.4 Å². The highest BCUT2D eigenvalue weighted by molar-refractivity contribution is 8.00. The number of thiazole rings is 1. The lowest BCUT2D eigenvalue weighted by atomic mass is 9.82. The first-order chi connectivity index (χ1) is 18.4. The standard InChI is InChI=1S/C28H21ClN2O5S2/c1-35-18-10-8-17(9-11-18)31-26(32)22-21(23-25(30-28(34)38-23)37-24(22)27(31)33)19-13-16(29)7-12-20(19)36-14-15-5-3-2-4-6-15/h2-13,21-22,24H,14H2,1H3,(H,30,34). The van der Waals surface area contributed by atoms with Gasteiger partial charge in [0.05, 0.1) is 23.7 Å².